The minimum atomic E-state index is -0.874. The number of carboxylic acids is 1. The van der Waals surface area contributed by atoms with Crippen LogP contribution >= 0.6 is 15.9 Å². The molecule has 0 aliphatic heterocycles. The molecular weight excluding hydrogens is 272 g/mol. The van der Waals surface area contributed by atoms with Gasteiger partial charge in [0.2, 0.25) is 0 Å². The van der Waals surface area contributed by atoms with Gasteiger partial charge in [-0.2, -0.15) is 0 Å². The largest absolute Gasteiger partial charge is 0.492 e. The van der Waals surface area contributed by atoms with Crippen LogP contribution in [0.15, 0.2) is 22.7 Å². The highest BCUT2D eigenvalue weighted by molar-refractivity contribution is 9.10. The number of hydrogen-bond donors (Lipinski definition) is 1. The summed E-state index contributed by atoms with van der Waals surface area (Å²) >= 11 is 3.39. The highest BCUT2D eigenvalue weighted by atomic mass is 79.9. The predicted octanol–water partition coefficient (Wildman–Crippen LogP) is 3.25. The van der Waals surface area contributed by atoms with Crippen molar-refractivity contribution in [1.82, 2.24) is 0 Å². The van der Waals surface area contributed by atoms with Crippen LogP contribution < -0.4 is 4.74 Å². The third kappa shape index (κ3) is 3.23. The molecule has 1 N–H and O–H groups in total. The Morgan fingerprint density at radius 2 is 2.12 bits per heavy atom. The normalized spacial score (nSPS) is 11.2. The van der Waals surface area contributed by atoms with Gasteiger partial charge in [-0.25, -0.2) is 0 Å². The van der Waals surface area contributed by atoms with Gasteiger partial charge in [0.15, 0.2) is 0 Å². The first-order valence-electron chi connectivity index (χ1n) is 4.95. The van der Waals surface area contributed by atoms with E-state index in [9.17, 15) is 4.79 Å². The number of aliphatic carboxylic acids is 1. The lowest BCUT2D eigenvalue weighted by molar-refractivity contribution is -0.148. The van der Waals surface area contributed by atoms with Crippen LogP contribution in [-0.2, 0) is 4.79 Å². The molecular formula is C12H15BrO3. The third-order valence-corrected chi connectivity index (χ3v) is 3.20. The van der Waals surface area contributed by atoms with Crippen LogP contribution in [0.25, 0.3) is 0 Å². The highest BCUT2D eigenvalue weighted by Gasteiger charge is 2.28. The van der Waals surface area contributed by atoms with Gasteiger partial charge >= 0.3 is 5.97 Å². The van der Waals surface area contributed by atoms with Gasteiger partial charge < -0.3 is 9.84 Å². The SMILES string of the molecule is Cc1cc(OCC(C)(C)C(=O)O)ccc1Br. The molecule has 88 valence electrons. The molecule has 0 unspecified atom stereocenters. The van der Waals surface area contributed by atoms with E-state index in [0.29, 0.717) is 5.75 Å². The predicted molar refractivity (Wildman–Crippen MR) is 65.8 cm³/mol. The number of carbonyl (C=O) groups is 1. The Balaban J connectivity index is 2.68. The minimum Gasteiger partial charge on any atom is -0.492 e. The van der Waals surface area contributed by atoms with Crippen molar-refractivity contribution in [1.29, 1.82) is 0 Å². The summed E-state index contributed by atoms with van der Waals surface area (Å²) in [5.74, 6) is -0.170. The third-order valence-electron chi connectivity index (χ3n) is 2.31. The second-order valence-electron chi connectivity index (χ2n) is 4.39. The Hall–Kier alpha value is -1.03. The van der Waals surface area contributed by atoms with Crippen LogP contribution in [0.5, 0.6) is 5.75 Å². The lowest BCUT2D eigenvalue weighted by Gasteiger charge is -2.19. The summed E-state index contributed by atoms with van der Waals surface area (Å²) in [4.78, 5) is 10.9. The van der Waals surface area contributed by atoms with Crippen LogP contribution in [0, 0.1) is 12.3 Å². The van der Waals surface area contributed by atoms with Crippen molar-refractivity contribution in [3.05, 3.63) is 28.2 Å². The molecule has 1 aromatic carbocycles. The fraction of sp³-hybridized carbons (Fsp3) is 0.417. The zero-order valence-electron chi connectivity index (χ0n) is 9.58. The van der Waals surface area contributed by atoms with Gasteiger partial charge in [-0.3, -0.25) is 4.79 Å². The van der Waals surface area contributed by atoms with Crippen molar-refractivity contribution in [2.75, 3.05) is 6.61 Å². The van der Waals surface area contributed by atoms with Crippen molar-refractivity contribution in [3.63, 3.8) is 0 Å². The molecule has 4 heteroatoms. The fourth-order valence-electron chi connectivity index (χ4n) is 1.03. The van der Waals surface area contributed by atoms with Crippen molar-refractivity contribution >= 4 is 21.9 Å². The van der Waals surface area contributed by atoms with Crippen LogP contribution in [-0.4, -0.2) is 17.7 Å². The summed E-state index contributed by atoms with van der Waals surface area (Å²) < 4.78 is 6.48. The van der Waals surface area contributed by atoms with Crippen molar-refractivity contribution in [2.24, 2.45) is 5.41 Å². The maximum atomic E-state index is 10.9. The van der Waals surface area contributed by atoms with Crippen LogP contribution in [0.1, 0.15) is 19.4 Å². The summed E-state index contributed by atoms with van der Waals surface area (Å²) in [7, 11) is 0. The molecule has 3 nitrogen and oxygen atoms in total. The zero-order valence-corrected chi connectivity index (χ0v) is 11.2. The van der Waals surface area contributed by atoms with Gasteiger partial charge in [0.05, 0.1) is 5.41 Å². The van der Waals surface area contributed by atoms with E-state index < -0.39 is 11.4 Å². The van der Waals surface area contributed by atoms with Crippen molar-refractivity contribution in [2.45, 2.75) is 20.8 Å². The molecule has 0 radical (unpaired) electrons. The number of benzene rings is 1. The van der Waals surface area contributed by atoms with E-state index in [2.05, 4.69) is 15.9 Å². The smallest absolute Gasteiger partial charge is 0.312 e. The number of halogens is 1. The maximum absolute atomic E-state index is 10.9. The summed E-state index contributed by atoms with van der Waals surface area (Å²) in [6, 6.07) is 5.58. The molecule has 0 bridgehead atoms. The van der Waals surface area contributed by atoms with E-state index in [1.165, 1.54) is 0 Å². The Kier molecular flexibility index (Phi) is 3.97. The molecule has 0 amide bonds. The molecule has 0 atom stereocenters. The van der Waals surface area contributed by atoms with E-state index in [0.717, 1.165) is 10.0 Å². The second-order valence-corrected chi connectivity index (χ2v) is 5.24. The van der Waals surface area contributed by atoms with Crippen molar-refractivity contribution < 1.29 is 14.6 Å². The lowest BCUT2D eigenvalue weighted by atomic mass is 9.95. The molecule has 0 saturated heterocycles. The van der Waals surface area contributed by atoms with E-state index in [4.69, 9.17) is 9.84 Å². The molecule has 0 heterocycles. The zero-order chi connectivity index (χ0) is 12.3. The van der Waals surface area contributed by atoms with E-state index in [1.807, 2.05) is 25.1 Å². The maximum Gasteiger partial charge on any atom is 0.312 e. The highest BCUT2D eigenvalue weighted by Crippen LogP contribution is 2.23. The fourth-order valence-corrected chi connectivity index (χ4v) is 1.28. The lowest BCUT2D eigenvalue weighted by Crippen LogP contribution is -2.30. The van der Waals surface area contributed by atoms with Gasteiger partial charge in [0, 0.05) is 4.47 Å². The van der Waals surface area contributed by atoms with Crippen LogP contribution in [0.4, 0.5) is 0 Å². The summed E-state index contributed by atoms with van der Waals surface area (Å²) in [5.41, 5.74) is 0.187. The summed E-state index contributed by atoms with van der Waals surface area (Å²) in [6.45, 7) is 5.39. The Labute approximate surface area is 104 Å². The number of hydrogen-bond acceptors (Lipinski definition) is 2. The Bertz CT molecular complexity index is 399. The Morgan fingerprint density at radius 1 is 1.50 bits per heavy atom. The average molecular weight is 287 g/mol. The first kappa shape index (κ1) is 13.0. The topological polar surface area (TPSA) is 46.5 Å². The molecule has 0 aromatic heterocycles. The average Bonchev–Trinajstić information content (AvgIpc) is 2.20. The second kappa shape index (κ2) is 4.87. The standard InChI is InChI=1S/C12H15BrO3/c1-8-6-9(4-5-10(8)13)16-7-12(2,3)11(14)15/h4-6H,7H2,1-3H3,(H,14,15). The van der Waals surface area contributed by atoms with Crippen molar-refractivity contribution in [3.8, 4) is 5.75 Å². The Morgan fingerprint density at radius 3 is 2.62 bits per heavy atom. The summed E-state index contributed by atoms with van der Waals surface area (Å²) in [5, 5.41) is 8.93. The van der Waals surface area contributed by atoms with E-state index >= 15 is 0 Å². The molecule has 0 fully saturated rings. The van der Waals surface area contributed by atoms with Gasteiger partial charge in [-0.1, -0.05) is 15.9 Å². The quantitative estimate of drug-likeness (QED) is 0.924. The first-order chi connectivity index (χ1) is 7.33. The molecule has 1 rings (SSSR count). The number of aryl methyl sites for hydroxylation is 1. The molecule has 0 aliphatic carbocycles. The van der Waals surface area contributed by atoms with Gasteiger partial charge in [0.1, 0.15) is 12.4 Å². The van der Waals surface area contributed by atoms with Crippen LogP contribution in [0.3, 0.4) is 0 Å². The number of carboxylic acid groups (broad SMARTS) is 1. The summed E-state index contributed by atoms with van der Waals surface area (Å²) in [6.07, 6.45) is 0. The van der Waals surface area contributed by atoms with Gasteiger partial charge in [0.25, 0.3) is 0 Å². The van der Waals surface area contributed by atoms with E-state index in [-0.39, 0.29) is 6.61 Å². The number of ether oxygens (including phenoxy) is 1. The molecule has 0 spiro atoms. The van der Waals surface area contributed by atoms with Gasteiger partial charge in [-0.05, 0) is 44.5 Å². The van der Waals surface area contributed by atoms with E-state index in [1.54, 1.807) is 13.8 Å². The monoisotopic (exact) mass is 286 g/mol. The van der Waals surface area contributed by atoms with Crippen LogP contribution in [0.2, 0.25) is 0 Å². The molecule has 1 aromatic rings. The molecule has 0 saturated carbocycles. The first-order valence-corrected chi connectivity index (χ1v) is 5.74. The van der Waals surface area contributed by atoms with Gasteiger partial charge in [-0.15, -0.1) is 0 Å². The molecule has 16 heavy (non-hydrogen) atoms. The minimum absolute atomic E-state index is 0.156. The molecule has 0 aliphatic rings. The number of rotatable bonds is 4.